The molecule has 1 atom stereocenters. The Morgan fingerprint density at radius 1 is 1.10 bits per heavy atom. The summed E-state index contributed by atoms with van der Waals surface area (Å²) in [5.41, 5.74) is 2.63. The zero-order valence-corrected chi connectivity index (χ0v) is 13.3. The van der Waals surface area contributed by atoms with Crippen LogP contribution in [0.5, 0.6) is 0 Å². The summed E-state index contributed by atoms with van der Waals surface area (Å²) in [6.07, 6.45) is 2.21. The van der Waals surface area contributed by atoms with E-state index < -0.39 is 5.54 Å². The topological polar surface area (TPSA) is 32.3 Å². The van der Waals surface area contributed by atoms with Crippen LogP contribution in [0, 0.1) is 0 Å². The van der Waals surface area contributed by atoms with E-state index in [9.17, 15) is 5.11 Å². The molecule has 0 radical (unpaired) electrons. The summed E-state index contributed by atoms with van der Waals surface area (Å²) in [5, 5.41) is 13.9. The number of halogens is 1. The van der Waals surface area contributed by atoms with E-state index >= 15 is 0 Å². The Hall–Kier alpha value is -1.51. The molecule has 0 aliphatic rings. The number of para-hydroxylation sites is 1. The van der Waals surface area contributed by atoms with Gasteiger partial charge in [0.15, 0.2) is 0 Å². The molecule has 0 aliphatic carbocycles. The fourth-order valence-corrected chi connectivity index (χ4v) is 2.57. The van der Waals surface area contributed by atoms with Gasteiger partial charge in [-0.2, -0.15) is 0 Å². The third kappa shape index (κ3) is 3.78. The van der Waals surface area contributed by atoms with E-state index in [0.717, 1.165) is 24.1 Å². The number of hydrogen-bond donors (Lipinski definition) is 2. The van der Waals surface area contributed by atoms with Crippen LogP contribution in [-0.4, -0.2) is 11.7 Å². The molecule has 2 rings (SSSR count). The summed E-state index contributed by atoms with van der Waals surface area (Å²) < 4.78 is 0. The highest BCUT2D eigenvalue weighted by Crippen LogP contribution is 2.30. The van der Waals surface area contributed by atoms with Gasteiger partial charge in [-0.25, -0.2) is 0 Å². The van der Waals surface area contributed by atoms with Gasteiger partial charge in [0.2, 0.25) is 0 Å². The van der Waals surface area contributed by atoms with E-state index in [0.29, 0.717) is 5.02 Å². The molecule has 3 heteroatoms. The minimum absolute atomic E-state index is 0.00858. The highest BCUT2D eigenvalue weighted by Gasteiger charge is 2.26. The molecule has 2 aromatic rings. The van der Waals surface area contributed by atoms with Crippen molar-refractivity contribution < 1.29 is 5.11 Å². The monoisotopic (exact) mass is 303 g/mol. The quantitative estimate of drug-likeness (QED) is 0.816. The molecule has 21 heavy (non-hydrogen) atoms. The Balaban J connectivity index is 2.26. The number of anilines is 1. The maximum atomic E-state index is 9.86. The van der Waals surface area contributed by atoms with Gasteiger partial charge in [0.25, 0.3) is 0 Å². The van der Waals surface area contributed by atoms with Gasteiger partial charge in [0.1, 0.15) is 0 Å². The maximum Gasteiger partial charge on any atom is 0.0828 e. The fraction of sp³-hybridized carbons (Fsp3) is 0.333. The maximum absolute atomic E-state index is 9.86. The van der Waals surface area contributed by atoms with Crippen molar-refractivity contribution in [1.82, 2.24) is 0 Å². The number of nitrogens with one attached hydrogen (secondary N) is 1. The second-order valence-electron chi connectivity index (χ2n) is 5.54. The Labute approximate surface area is 131 Å². The van der Waals surface area contributed by atoms with Gasteiger partial charge in [-0.05, 0) is 36.6 Å². The van der Waals surface area contributed by atoms with E-state index in [4.69, 9.17) is 11.6 Å². The molecular weight excluding hydrogens is 282 g/mol. The summed E-state index contributed by atoms with van der Waals surface area (Å²) in [7, 11) is 0. The molecule has 0 aromatic heterocycles. The predicted molar refractivity (Wildman–Crippen MR) is 89.9 cm³/mol. The molecule has 0 spiro atoms. The largest absolute Gasteiger partial charge is 0.394 e. The molecule has 2 N–H and O–H groups in total. The zero-order chi connectivity index (χ0) is 15.3. The van der Waals surface area contributed by atoms with Crippen molar-refractivity contribution in [2.75, 3.05) is 11.9 Å². The molecule has 0 heterocycles. The number of hydrogen-bond acceptors (Lipinski definition) is 2. The van der Waals surface area contributed by atoms with Gasteiger partial charge < -0.3 is 10.4 Å². The number of aliphatic hydroxyl groups is 1. The van der Waals surface area contributed by atoms with Crippen LogP contribution in [-0.2, 0) is 12.0 Å². The normalized spacial score (nSPS) is 13.7. The highest BCUT2D eigenvalue weighted by atomic mass is 35.5. The lowest BCUT2D eigenvalue weighted by molar-refractivity contribution is 0.224. The average molecular weight is 304 g/mol. The Morgan fingerprint density at radius 3 is 2.33 bits per heavy atom. The van der Waals surface area contributed by atoms with Crippen LogP contribution in [0.25, 0.3) is 0 Å². The van der Waals surface area contributed by atoms with E-state index in [-0.39, 0.29) is 6.61 Å². The van der Waals surface area contributed by atoms with Crippen molar-refractivity contribution in [2.45, 2.75) is 32.2 Å². The van der Waals surface area contributed by atoms with Gasteiger partial charge in [-0.3, -0.25) is 0 Å². The van der Waals surface area contributed by atoms with E-state index in [1.807, 2.05) is 31.2 Å². The summed E-state index contributed by atoms with van der Waals surface area (Å²) >= 11 is 6.20. The minimum atomic E-state index is -0.560. The van der Waals surface area contributed by atoms with Crippen LogP contribution in [0.2, 0.25) is 5.02 Å². The first kappa shape index (κ1) is 15.9. The van der Waals surface area contributed by atoms with Crippen molar-refractivity contribution >= 4 is 17.3 Å². The van der Waals surface area contributed by atoms with Crippen molar-refractivity contribution in [3.05, 3.63) is 64.7 Å². The Bertz CT molecular complexity index is 582. The fourth-order valence-electron chi connectivity index (χ4n) is 2.39. The van der Waals surface area contributed by atoms with Crippen molar-refractivity contribution in [1.29, 1.82) is 0 Å². The lowest BCUT2D eigenvalue weighted by Crippen LogP contribution is -2.36. The Kier molecular flexibility index (Phi) is 5.27. The van der Waals surface area contributed by atoms with Crippen LogP contribution in [0.15, 0.2) is 48.5 Å². The van der Waals surface area contributed by atoms with Gasteiger partial charge in [0.05, 0.1) is 22.9 Å². The molecule has 0 aliphatic heterocycles. The molecule has 0 bridgehead atoms. The van der Waals surface area contributed by atoms with Crippen LogP contribution >= 0.6 is 11.6 Å². The van der Waals surface area contributed by atoms with Gasteiger partial charge >= 0.3 is 0 Å². The Morgan fingerprint density at radius 2 is 1.76 bits per heavy atom. The highest BCUT2D eigenvalue weighted by molar-refractivity contribution is 6.33. The summed E-state index contributed by atoms with van der Waals surface area (Å²) in [6.45, 7) is 4.14. The first-order valence-corrected chi connectivity index (χ1v) is 7.70. The van der Waals surface area contributed by atoms with Crippen molar-refractivity contribution in [3.8, 4) is 0 Å². The second kappa shape index (κ2) is 6.97. The van der Waals surface area contributed by atoms with Gasteiger partial charge in [-0.1, -0.05) is 61.3 Å². The third-order valence-electron chi connectivity index (χ3n) is 3.73. The summed E-state index contributed by atoms with van der Waals surface area (Å²) in [4.78, 5) is 0. The molecule has 2 nitrogen and oxygen atoms in total. The number of benzene rings is 2. The average Bonchev–Trinajstić information content (AvgIpc) is 2.50. The number of aryl methyl sites for hydroxylation is 1. The number of rotatable bonds is 6. The van der Waals surface area contributed by atoms with E-state index in [2.05, 4.69) is 36.5 Å². The van der Waals surface area contributed by atoms with Gasteiger partial charge in [0, 0.05) is 0 Å². The first-order chi connectivity index (χ1) is 10.1. The second-order valence-corrected chi connectivity index (χ2v) is 5.95. The first-order valence-electron chi connectivity index (χ1n) is 7.32. The molecule has 112 valence electrons. The van der Waals surface area contributed by atoms with Crippen LogP contribution in [0.1, 0.15) is 31.4 Å². The SMILES string of the molecule is CCCc1ccc(C(C)(CO)Nc2ccccc2Cl)cc1. The third-order valence-corrected chi connectivity index (χ3v) is 4.06. The lowest BCUT2D eigenvalue weighted by Gasteiger charge is -2.31. The minimum Gasteiger partial charge on any atom is -0.394 e. The smallest absolute Gasteiger partial charge is 0.0828 e. The molecule has 1 unspecified atom stereocenters. The zero-order valence-electron chi connectivity index (χ0n) is 12.6. The van der Waals surface area contributed by atoms with Crippen LogP contribution in [0.3, 0.4) is 0 Å². The van der Waals surface area contributed by atoms with Gasteiger partial charge in [-0.15, -0.1) is 0 Å². The summed E-state index contributed by atoms with van der Waals surface area (Å²) in [6, 6.07) is 16.0. The molecule has 2 aromatic carbocycles. The molecule has 0 amide bonds. The van der Waals surface area contributed by atoms with Crippen LogP contribution < -0.4 is 5.32 Å². The molecule has 0 saturated carbocycles. The van der Waals surface area contributed by atoms with Crippen molar-refractivity contribution in [3.63, 3.8) is 0 Å². The lowest BCUT2D eigenvalue weighted by atomic mass is 9.91. The molecule has 0 fully saturated rings. The molecular formula is C18H22ClNO. The van der Waals surface area contributed by atoms with Crippen molar-refractivity contribution in [2.24, 2.45) is 0 Å². The number of aliphatic hydroxyl groups excluding tert-OH is 1. The predicted octanol–water partition coefficient (Wildman–Crippen LogP) is 4.61. The van der Waals surface area contributed by atoms with Crippen LogP contribution in [0.4, 0.5) is 5.69 Å². The molecule has 0 saturated heterocycles. The standard InChI is InChI=1S/C18H22ClNO/c1-3-6-14-9-11-15(12-10-14)18(2,13-21)20-17-8-5-4-7-16(17)19/h4-5,7-12,20-21H,3,6,13H2,1-2H3. The van der Waals surface area contributed by atoms with E-state index in [1.165, 1.54) is 5.56 Å². The summed E-state index contributed by atoms with van der Waals surface area (Å²) in [5.74, 6) is 0. The van der Waals surface area contributed by atoms with E-state index in [1.54, 1.807) is 0 Å².